The lowest BCUT2D eigenvalue weighted by atomic mass is 10.1. The number of hydrogen-bond donors (Lipinski definition) is 0. The molecule has 0 radical (unpaired) electrons. The summed E-state index contributed by atoms with van der Waals surface area (Å²) < 4.78 is 4.55. The highest BCUT2D eigenvalue weighted by Gasteiger charge is 2.24. The zero-order chi connectivity index (χ0) is 17.1. The van der Waals surface area contributed by atoms with E-state index < -0.39 is 0 Å². The molecule has 1 rings (SSSR count). The smallest absolute Gasteiger partial charge is 0.293 e. The van der Waals surface area contributed by atoms with Crippen LogP contribution in [-0.4, -0.2) is 36.0 Å². The fraction of sp³-hybridized carbons (Fsp3) is 0.529. The lowest BCUT2D eigenvalue weighted by Gasteiger charge is -2.14. The molecular weight excluding hydrogens is 266 g/mol. The van der Waals surface area contributed by atoms with Crippen LogP contribution in [0.1, 0.15) is 41.5 Å². The molecule has 0 atom stereocenters. The van der Waals surface area contributed by atoms with E-state index in [1.807, 2.05) is 41.5 Å². The molecule has 0 aromatic carbocycles. The predicted octanol–water partition coefficient (Wildman–Crippen LogP) is 3.50. The maximum absolute atomic E-state index is 11.5. The van der Waals surface area contributed by atoms with Crippen molar-refractivity contribution in [2.45, 2.75) is 47.1 Å². The third-order valence-electron chi connectivity index (χ3n) is 2.46. The van der Waals surface area contributed by atoms with Crippen LogP contribution in [0.3, 0.4) is 0 Å². The minimum Gasteiger partial charge on any atom is -0.462 e. The van der Waals surface area contributed by atoms with Gasteiger partial charge in [-0.1, -0.05) is 39.2 Å². The average Bonchev–Trinajstić information content (AvgIpc) is 2.75. The van der Waals surface area contributed by atoms with Crippen molar-refractivity contribution in [3.05, 3.63) is 36.5 Å². The van der Waals surface area contributed by atoms with Crippen molar-refractivity contribution in [3.8, 4) is 0 Å². The zero-order valence-electron chi connectivity index (χ0n) is 14.2. The number of carbonyl (C=O) groups excluding carboxylic acids is 2. The van der Waals surface area contributed by atoms with Gasteiger partial charge in [0.25, 0.3) is 12.4 Å². The minimum absolute atomic E-state index is 0.0717. The summed E-state index contributed by atoms with van der Waals surface area (Å²) in [5, 5.41) is 0. The van der Waals surface area contributed by atoms with E-state index in [-0.39, 0.29) is 11.5 Å². The Labute approximate surface area is 129 Å². The van der Waals surface area contributed by atoms with Crippen LogP contribution >= 0.6 is 0 Å². The summed E-state index contributed by atoms with van der Waals surface area (Å²) in [5.41, 5.74) is 1.37. The fourth-order valence-electron chi connectivity index (χ4n) is 1.46. The number of amides is 1. The molecule has 4 nitrogen and oxygen atoms in total. The normalized spacial score (nSPS) is 13.6. The van der Waals surface area contributed by atoms with Gasteiger partial charge >= 0.3 is 0 Å². The Morgan fingerprint density at radius 3 is 1.95 bits per heavy atom. The first kappa shape index (κ1) is 21.5. The molecule has 0 bridgehead atoms. The summed E-state index contributed by atoms with van der Waals surface area (Å²) in [6, 6.07) is 0. The summed E-state index contributed by atoms with van der Waals surface area (Å²) in [6.45, 7) is 20.6. The second-order valence-corrected chi connectivity index (χ2v) is 4.99. The van der Waals surface area contributed by atoms with E-state index in [1.165, 1.54) is 0 Å². The highest BCUT2D eigenvalue weighted by Crippen LogP contribution is 2.19. The Bertz CT molecular complexity index is 389. The number of hydrogen-bond acceptors (Lipinski definition) is 3. The number of ether oxygens (including phenoxy) is 1. The van der Waals surface area contributed by atoms with Crippen molar-refractivity contribution < 1.29 is 14.3 Å². The number of nitrogens with zero attached hydrogens (tertiary/aromatic N) is 1. The quantitative estimate of drug-likeness (QED) is 0.746. The van der Waals surface area contributed by atoms with Crippen LogP contribution in [0.4, 0.5) is 0 Å². The van der Waals surface area contributed by atoms with E-state index in [2.05, 4.69) is 17.9 Å². The van der Waals surface area contributed by atoms with Gasteiger partial charge in [0.15, 0.2) is 0 Å². The van der Waals surface area contributed by atoms with E-state index in [9.17, 15) is 9.59 Å². The first-order valence-electron chi connectivity index (χ1n) is 7.19. The van der Waals surface area contributed by atoms with Crippen LogP contribution in [-0.2, 0) is 14.3 Å². The summed E-state index contributed by atoms with van der Waals surface area (Å²) in [5.74, 6) is 0.0717. The van der Waals surface area contributed by atoms with Crippen LogP contribution in [0.15, 0.2) is 36.5 Å². The number of carbonyl (C=O) groups is 2. The van der Waals surface area contributed by atoms with Crippen LogP contribution < -0.4 is 0 Å². The topological polar surface area (TPSA) is 46.6 Å². The summed E-state index contributed by atoms with van der Waals surface area (Å²) in [4.78, 5) is 22.9. The molecule has 1 heterocycles. The van der Waals surface area contributed by atoms with E-state index in [1.54, 1.807) is 17.1 Å². The van der Waals surface area contributed by atoms with Crippen LogP contribution in [0, 0.1) is 0 Å². The second-order valence-electron chi connectivity index (χ2n) is 4.99. The lowest BCUT2D eigenvalue weighted by molar-refractivity contribution is -0.138. The van der Waals surface area contributed by atoms with Gasteiger partial charge in [-0.25, -0.2) is 0 Å². The number of likely N-dealkylation sites (N-methyl/N-ethyl adjacent to an activating group) is 1. The molecule has 0 fully saturated rings. The van der Waals surface area contributed by atoms with Gasteiger partial charge in [-0.2, -0.15) is 0 Å². The Hall–Kier alpha value is -1.84. The Morgan fingerprint density at radius 1 is 1.24 bits per heavy atom. The van der Waals surface area contributed by atoms with Crippen molar-refractivity contribution in [2.75, 3.05) is 13.1 Å². The summed E-state index contributed by atoms with van der Waals surface area (Å²) in [7, 11) is 0. The first-order chi connectivity index (χ1) is 9.80. The van der Waals surface area contributed by atoms with Gasteiger partial charge < -0.3 is 9.64 Å². The Kier molecular flexibility index (Phi) is 11.1. The largest absolute Gasteiger partial charge is 0.462 e. The van der Waals surface area contributed by atoms with Crippen molar-refractivity contribution in [3.63, 3.8) is 0 Å². The Morgan fingerprint density at radius 2 is 1.76 bits per heavy atom. The zero-order valence-corrected chi connectivity index (χ0v) is 14.2. The van der Waals surface area contributed by atoms with Gasteiger partial charge in [-0.3, -0.25) is 9.59 Å². The highest BCUT2D eigenvalue weighted by molar-refractivity contribution is 6.00. The number of rotatable bonds is 4. The van der Waals surface area contributed by atoms with Crippen molar-refractivity contribution >= 4 is 12.4 Å². The van der Waals surface area contributed by atoms with Crippen LogP contribution in [0.5, 0.6) is 0 Å². The molecular formula is C17H29NO3. The minimum atomic E-state index is -0.318. The van der Waals surface area contributed by atoms with Gasteiger partial charge in [0.1, 0.15) is 5.60 Å². The van der Waals surface area contributed by atoms with E-state index >= 15 is 0 Å². The lowest BCUT2D eigenvalue weighted by Crippen LogP contribution is -2.26. The van der Waals surface area contributed by atoms with Gasteiger partial charge in [0.05, 0.1) is 0 Å². The third kappa shape index (κ3) is 8.12. The van der Waals surface area contributed by atoms with Crippen molar-refractivity contribution in [1.82, 2.24) is 4.90 Å². The standard InChI is InChI=1S/C10H13NO.C5H10O2.C2H6/c1-4-8-7-11(6-3)10(12)9(8)5-2;1-5(2,3)7-4-6;1-2/h4-5H,1-2,6-7H2,3H3;4H,1-3H3;1-2H3. The molecule has 1 aliphatic heterocycles. The van der Waals surface area contributed by atoms with Gasteiger partial charge in [0.2, 0.25) is 0 Å². The SMILES string of the molecule is C=CC1=C(C=C)C(=O)N(CC)C1.CC.CC(C)(C)OC=O. The molecule has 0 aliphatic carbocycles. The molecule has 0 unspecified atom stereocenters. The molecule has 0 N–H and O–H groups in total. The summed E-state index contributed by atoms with van der Waals surface area (Å²) in [6.07, 6.45) is 3.33. The van der Waals surface area contributed by atoms with Gasteiger partial charge in [-0.15, -0.1) is 0 Å². The molecule has 1 aliphatic rings. The van der Waals surface area contributed by atoms with Crippen molar-refractivity contribution in [2.24, 2.45) is 0 Å². The third-order valence-corrected chi connectivity index (χ3v) is 2.46. The van der Waals surface area contributed by atoms with Crippen LogP contribution in [0.25, 0.3) is 0 Å². The average molecular weight is 295 g/mol. The van der Waals surface area contributed by atoms with Crippen molar-refractivity contribution in [1.29, 1.82) is 0 Å². The second kappa shape index (κ2) is 10.9. The maximum atomic E-state index is 11.5. The molecule has 4 heteroatoms. The fourth-order valence-corrected chi connectivity index (χ4v) is 1.46. The molecule has 120 valence electrons. The molecule has 0 saturated heterocycles. The monoisotopic (exact) mass is 295 g/mol. The molecule has 1 amide bonds. The maximum Gasteiger partial charge on any atom is 0.293 e. The van der Waals surface area contributed by atoms with E-state index in [4.69, 9.17) is 0 Å². The molecule has 0 aromatic rings. The predicted molar refractivity (Wildman–Crippen MR) is 87.9 cm³/mol. The Balaban J connectivity index is 0. The molecule has 0 saturated carbocycles. The first-order valence-corrected chi connectivity index (χ1v) is 7.19. The molecule has 21 heavy (non-hydrogen) atoms. The van der Waals surface area contributed by atoms with Gasteiger partial charge in [-0.05, 0) is 33.3 Å². The van der Waals surface area contributed by atoms with E-state index in [0.29, 0.717) is 18.6 Å². The molecule has 0 aromatic heterocycles. The summed E-state index contributed by atoms with van der Waals surface area (Å²) >= 11 is 0. The molecule has 0 spiro atoms. The van der Waals surface area contributed by atoms with E-state index in [0.717, 1.165) is 12.1 Å². The van der Waals surface area contributed by atoms with Gasteiger partial charge in [0, 0.05) is 18.7 Å². The van der Waals surface area contributed by atoms with Crippen LogP contribution in [0.2, 0.25) is 0 Å². The highest BCUT2D eigenvalue weighted by atomic mass is 16.5.